The number of hydrogen-bond acceptors (Lipinski definition) is 2. The molecule has 0 radical (unpaired) electrons. The molecule has 0 fully saturated rings. The monoisotopic (exact) mass is 238 g/mol. The molecule has 0 aliphatic carbocycles. The summed E-state index contributed by atoms with van der Waals surface area (Å²) in [6, 6.07) is 0. The van der Waals surface area contributed by atoms with Gasteiger partial charge in [-0.1, -0.05) is 33.6 Å². The average Bonchev–Trinajstić information content (AvgIpc) is 2.62. The Morgan fingerprint density at radius 1 is 1.00 bits per heavy atom. The Balaban J connectivity index is 2.86. The highest BCUT2D eigenvalue weighted by molar-refractivity contribution is 5.31. The molecule has 0 atom stereocenters. The van der Waals surface area contributed by atoms with Gasteiger partial charge in [0, 0.05) is 12.1 Å². The summed E-state index contributed by atoms with van der Waals surface area (Å²) in [5.74, 6) is 0.409. The Kier molecular flexibility index (Phi) is 6.09. The van der Waals surface area contributed by atoms with Crippen molar-refractivity contribution in [1.82, 2.24) is 9.78 Å². The minimum atomic E-state index is 0.409. The third-order valence-corrected chi connectivity index (χ3v) is 3.09. The van der Waals surface area contributed by atoms with Gasteiger partial charge >= 0.3 is 0 Å². The maximum Gasteiger partial charge on any atom is 0.212 e. The molecule has 0 saturated carbocycles. The number of nitrogens with zero attached hydrogens (tertiary/aromatic N) is 2. The quantitative estimate of drug-likeness (QED) is 0.750. The van der Waals surface area contributed by atoms with E-state index in [4.69, 9.17) is 0 Å². The molecule has 0 saturated heterocycles. The average molecular weight is 238 g/mol. The fourth-order valence-electron chi connectivity index (χ4n) is 2.06. The van der Waals surface area contributed by atoms with E-state index in [-0.39, 0.29) is 0 Å². The molecule has 1 heterocycles. The third-order valence-electron chi connectivity index (χ3n) is 3.09. The molecule has 0 spiro atoms. The Hall–Kier alpha value is -0.990. The first-order valence-electron chi connectivity index (χ1n) is 7.02. The van der Waals surface area contributed by atoms with E-state index in [1.165, 1.54) is 6.42 Å². The zero-order chi connectivity index (χ0) is 12.7. The number of rotatable bonds is 8. The summed E-state index contributed by atoms with van der Waals surface area (Å²) in [4.78, 5) is 0. The second kappa shape index (κ2) is 7.36. The SMILES string of the molecule is CCCCc1nn(CCC)c(O)c1CCCC. The molecule has 17 heavy (non-hydrogen) atoms. The Bertz CT molecular complexity index is 331. The van der Waals surface area contributed by atoms with E-state index in [1.54, 1.807) is 4.68 Å². The largest absolute Gasteiger partial charge is 0.493 e. The summed E-state index contributed by atoms with van der Waals surface area (Å²) in [7, 11) is 0. The Morgan fingerprint density at radius 3 is 2.24 bits per heavy atom. The van der Waals surface area contributed by atoms with Crippen molar-refractivity contribution in [3.8, 4) is 5.88 Å². The van der Waals surface area contributed by atoms with Gasteiger partial charge in [0.2, 0.25) is 5.88 Å². The van der Waals surface area contributed by atoms with Crippen LogP contribution in [0.3, 0.4) is 0 Å². The second-order valence-corrected chi connectivity index (χ2v) is 4.68. The highest BCUT2D eigenvalue weighted by Crippen LogP contribution is 2.25. The first-order valence-corrected chi connectivity index (χ1v) is 7.02. The molecule has 98 valence electrons. The maximum atomic E-state index is 10.2. The van der Waals surface area contributed by atoms with E-state index in [0.29, 0.717) is 5.88 Å². The van der Waals surface area contributed by atoms with Crippen LogP contribution in [0.5, 0.6) is 5.88 Å². The minimum Gasteiger partial charge on any atom is -0.493 e. The number of hydrogen-bond donors (Lipinski definition) is 1. The molecule has 1 aromatic rings. The Morgan fingerprint density at radius 2 is 1.65 bits per heavy atom. The van der Waals surface area contributed by atoms with Gasteiger partial charge in [0.05, 0.1) is 5.69 Å². The molecule has 1 N–H and O–H groups in total. The van der Waals surface area contributed by atoms with Gasteiger partial charge in [0.15, 0.2) is 0 Å². The first-order chi connectivity index (χ1) is 8.24. The molecule has 1 rings (SSSR count). The van der Waals surface area contributed by atoms with Gasteiger partial charge in [-0.2, -0.15) is 5.10 Å². The molecule has 0 bridgehead atoms. The summed E-state index contributed by atoms with van der Waals surface area (Å²) < 4.78 is 1.77. The van der Waals surface area contributed by atoms with Crippen molar-refractivity contribution in [2.24, 2.45) is 0 Å². The fraction of sp³-hybridized carbons (Fsp3) is 0.786. The van der Waals surface area contributed by atoms with Crippen LogP contribution in [0.25, 0.3) is 0 Å². The van der Waals surface area contributed by atoms with Crippen molar-refractivity contribution in [3.63, 3.8) is 0 Å². The van der Waals surface area contributed by atoms with Crippen molar-refractivity contribution < 1.29 is 5.11 Å². The van der Waals surface area contributed by atoms with Crippen molar-refractivity contribution in [3.05, 3.63) is 11.3 Å². The highest BCUT2D eigenvalue weighted by atomic mass is 16.3. The van der Waals surface area contributed by atoms with Crippen LogP contribution in [0.4, 0.5) is 0 Å². The summed E-state index contributed by atoms with van der Waals surface area (Å²) in [6.07, 6.45) is 7.59. The standard InChI is InChI=1S/C14H26N2O/c1-4-7-9-12-13(10-8-5-2)15-16(11-6-3)14(12)17/h17H,4-11H2,1-3H3. The lowest BCUT2D eigenvalue weighted by Crippen LogP contribution is -1.99. The van der Waals surface area contributed by atoms with Crippen LogP contribution in [0.2, 0.25) is 0 Å². The van der Waals surface area contributed by atoms with Crippen LogP contribution in [0.15, 0.2) is 0 Å². The maximum absolute atomic E-state index is 10.2. The van der Waals surface area contributed by atoms with Gasteiger partial charge in [-0.15, -0.1) is 0 Å². The molecule has 1 aromatic heterocycles. The minimum absolute atomic E-state index is 0.409. The van der Waals surface area contributed by atoms with E-state index >= 15 is 0 Å². The predicted octanol–water partition coefficient (Wildman–Crippen LogP) is 3.68. The van der Waals surface area contributed by atoms with Gasteiger partial charge in [-0.05, 0) is 32.1 Å². The van der Waals surface area contributed by atoms with Gasteiger partial charge < -0.3 is 5.11 Å². The van der Waals surface area contributed by atoms with E-state index in [0.717, 1.165) is 56.3 Å². The normalized spacial score (nSPS) is 11.0. The first kappa shape index (κ1) is 14.1. The van der Waals surface area contributed by atoms with Crippen LogP contribution in [0.1, 0.15) is 64.1 Å². The van der Waals surface area contributed by atoms with Crippen LogP contribution >= 0.6 is 0 Å². The number of unbranched alkanes of at least 4 members (excludes halogenated alkanes) is 2. The zero-order valence-electron chi connectivity index (χ0n) is 11.5. The third kappa shape index (κ3) is 3.76. The topological polar surface area (TPSA) is 38.0 Å². The second-order valence-electron chi connectivity index (χ2n) is 4.68. The van der Waals surface area contributed by atoms with Crippen LogP contribution in [-0.2, 0) is 19.4 Å². The van der Waals surface area contributed by atoms with Gasteiger partial charge in [0.1, 0.15) is 0 Å². The lowest BCUT2D eigenvalue weighted by molar-refractivity contribution is 0.392. The van der Waals surface area contributed by atoms with E-state index in [9.17, 15) is 5.11 Å². The van der Waals surface area contributed by atoms with Crippen molar-refractivity contribution in [2.75, 3.05) is 0 Å². The van der Waals surface area contributed by atoms with Crippen molar-refractivity contribution in [1.29, 1.82) is 0 Å². The van der Waals surface area contributed by atoms with Gasteiger partial charge in [-0.3, -0.25) is 0 Å². The number of aromatic hydroxyl groups is 1. The van der Waals surface area contributed by atoms with Crippen LogP contribution < -0.4 is 0 Å². The highest BCUT2D eigenvalue weighted by Gasteiger charge is 2.15. The zero-order valence-corrected chi connectivity index (χ0v) is 11.5. The van der Waals surface area contributed by atoms with Crippen molar-refractivity contribution >= 4 is 0 Å². The number of aromatic nitrogens is 2. The Labute approximate surface area is 105 Å². The smallest absolute Gasteiger partial charge is 0.212 e. The summed E-state index contributed by atoms with van der Waals surface area (Å²) >= 11 is 0. The molecule has 3 heteroatoms. The predicted molar refractivity (Wildman–Crippen MR) is 71.4 cm³/mol. The van der Waals surface area contributed by atoms with E-state index in [1.807, 2.05) is 0 Å². The molecular weight excluding hydrogens is 212 g/mol. The summed E-state index contributed by atoms with van der Waals surface area (Å²) in [5.41, 5.74) is 2.21. The van der Waals surface area contributed by atoms with E-state index in [2.05, 4.69) is 25.9 Å². The fourth-order valence-corrected chi connectivity index (χ4v) is 2.06. The lowest BCUT2D eigenvalue weighted by Gasteiger charge is -2.02. The lowest BCUT2D eigenvalue weighted by atomic mass is 10.1. The van der Waals surface area contributed by atoms with E-state index < -0.39 is 0 Å². The molecule has 3 nitrogen and oxygen atoms in total. The van der Waals surface area contributed by atoms with Gasteiger partial charge in [-0.25, -0.2) is 4.68 Å². The van der Waals surface area contributed by atoms with Crippen LogP contribution in [0, 0.1) is 0 Å². The molecule has 0 unspecified atom stereocenters. The molecule has 0 aromatic carbocycles. The summed E-state index contributed by atoms with van der Waals surface area (Å²) in [6.45, 7) is 7.30. The van der Waals surface area contributed by atoms with Gasteiger partial charge in [0.25, 0.3) is 0 Å². The van der Waals surface area contributed by atoms with Crippen LogP contribution in [-0.4, -0.2) is 14.9 Å². The number of aryl methyl sites for hydroxylation is 2. The molecule has 0 aliphatic heterocycles. The summed E-state index contributed by atoms with van der Waals surface area (Å²) in [5, 5.41) is 14.7. The van der Waals surface area contributed by atoms with Crippen molar-refractivity contribution in [2.45, 2.75) is 72.3 Å². The molecule has 0 aliphatic rings. The molecular formula is C14H26N2O. The molecule has 0 amide bonds.